The third-order valence-corrected chi connectivity index (χ3v) is 4.28. The van der Waals surface area contributed by atoms with E-state index < -0.39 is 5.82 Å². The lowest BCUT2D eigenvalue weighted by Crippen LogP contribution is -2.38. The second-order valence-corrected chi connectivity index (χ2v) is 5.88. The number of benzene rings is 1. The summed E-state index contributed by atoms with van der Waals surface area (Å²) < 4.78 is 13.7. The first-order valence-electron chi connectivity index (χ1n) is 5.63. The highest BCUT2D eigenvalue weighted by Crippen LogP contribution is 2.24. The molecule has 0 spiro atoms. The van der Waals surface area contributed by atoms with Crippen LogP contribution in [0.4, 0.5) is 4.39 Å². The average Bonchev–Trinajstić information content (AvgIpc) is 2.85. The number of rotatable bonds is 2. The van der Waals surface area contributed by atoms with Crippen LogP contribution in [0.25, 0.3) is 0 Å². The number of nitrogens with one attached hydrogen (secondary N) is 1. The molecule has 1 fully saturated rings. The molecule has 0 saturated carbocycles. The normalized spacial score (nSPS) is 19.0. The van der Waals surface area contributed by atoms with Gasteiger partial charge in [0.1, 0.15) is 5.82 Å². The molecule has 1 aromatic carbocycles. The van der Waals surface area contributed by atoms with Crippen LogP contribution in [-0.4, -0.2) is 37.0 Å². The minimum atomic E-state index is -0.401. The molecule has 0 unspecified atom stereocenters. The Balaban J connectivity index is 2.25. The molecule has 1 atom stereocenters. The predicted molar refractivity (Wildman–Crippen MR) is 77.5 cm³/mol. The van der Waals surface area contributed by atoms with Crippen molar-refractivity contribution in [3.8, 4) is 0 Å². The summed E-state index contributed by atoms with van der Waals surface area (Å²) in [7, 11) is 1.76. The van der Waals surface area contributed by atoms with E-state index in [9.17, 15) is 9.18 Å². The molecule has 98 valence electrons. The number of carbonyl (C=O) groups is 1. The SMILES string of the molecule is CN(C(=O)c1cc(I)c(F)cc1Cl)[C@H]1CCNC1. The molecule has 1 aliphatic heterocycles. The highest BCUT2D eigenvalue weighted by molar-refractivity contribution is 14.1. The lowest BCUT2D eigenvalue weighted by molar-refractivity contribution is 0.0744. The van der Waals surface area contributed by atoms with Crippen LogP contribution in [0.3, 0.4) is 0 Å². The number of likely N-dealkylation sites (N-methyl/N-ethyl adjacent to an activating group) is 1. The Morgan fingerprint density at radius 3 is 2.94 bits per heavy atom. The van der Waals surface area contributed by atoms with Gasteiger partial charge in [0.25, 0.3) is 5.91 Å². The van der Waals surface area contributed by atoms with Gasteiger partial charge in [0.2, 0.25) is 0 Å². The maximum atomic E-state index is 13.3. The zero-order valence-electron chi connectivity index (χ0n) is 9.84. The Hall–Kier alpha value is -0.400. The van der Waals surface area contributed by atoms with Crippen LogP contribution < -0.4 is 5.32 Å². The zero-order chi connectivity index (χ0) is 13.3. The van der Waals surface area contributed by atoms with Gasteiger partial charge in [-0.25, -0.2) is 4.39 Å². The number of carbonyl (C=O) groups excluding carboxylic acids is 1. The quantitative estimate of drug-likeness (QED) is 0.630. The Morgan fingerprint density at radius 1 is 1.61 bits per heavy atom. The molecule has 1 heterocycles. The van der Waals surface area contributed by atoms with Crippen molar-refractivity contribution in [1.82, 2.24) is 10.2 Å². The minimum Gasteiger partial charge on any atom is -0.337 e. The lowest BCUT2D eigenvalue weighted by Gasteiger charge is -2.24. The van der Waals surface area contributed by atoms with Gasteiger partial charge in [-0.05, 0) is 47.7 Å². The molecule has 1 saturated heterocycles. The van der Waals surface area contributed by atoms with E-state index in [1.165, 1.54) is 12.1 Å². The van der Waals surface area contributed by atoms with Gasteiger partial charge < -0.3 is 10.2 Å². The fourth-order valence-corrected chi connectivity index (χ4v) is 2.71. The molecule has 1 amide bonds. The van der Waals surface area contributed by atoms with Crippen LogP contribution >= 0.6 is 34.2 Å². The number of halogens is 3. The van der Waals surface area contributed by atoms with Crippen molar-refractivity contribution in [2.45, 2.75) is 12.5 Å². The number of amides is 1. The van der Waals surface area contributed by atoms with Crippen LogP contribution in [0.15, 0.2) is 12.1 Å². The number of hydrogen-bond donors (Lipinski definition) is 1. The lowest BCUT2D eigenvalue weighted by atomic mass is 10.1. The fourth-order valence-electron chi connectivity index (χ4n) is 2.01. The first kappa shape index (κ1) is 14.0. The van der Waals surface area contributed by atoms with E-state index >= 15 is 0 Å². The molecule has 0 aromatic heterocycles. The Labute approximate surface area is 124 Å². The molecule has 6 heteroatoms. The predicted octanol–water partition coefficient (Wildman–Crippen LogP) is 2.52. The first-order valence-corrected chi connectivity index (χ1v) is 7.09. The fraction of sp³-hybridized carbons (Fsp3) is 0.417. The van der Waals surface area contributed by atoms with Crippen molar-refractivity contribution in [2.24, 2.45) is 0 Å². The van der Waals surface area contributed by atoms with Crippen molar-refractivity contribution in [1.29, 1.82) is 0 Å². The van der Waals surface area contributed by atoms with E-state index in [0.29, 0.717) is 9.13 Å². The average molecular weight is 383 g/mol. The molecule has 1 aromatic rings. The van der Waals surface area contributed by atoms with E-state index in [0.717, 1.165) is 19.5 Å². The van der Waals surface area contributed by atoms with Crippen molar-refractivity contribution in [3.63, 3.8) is 0 Å². The molecule has 0 aliphatic carbocycles. The smallest absolute Gasteiger partial charge is 0.255 e. The monoisotopic (exact) mass is 382 g/mol. The van der Waals surface area contributed by atoms with Crippen LogP contribution in [0.1, 0.15) is 16.8 Å². The van der Waals surface area contributed by atoms with Gasteiger partial charge in [0, 0.05) is 23.2 Å². The third-order valence-electron chi connectivity index (χ3n) is 3.14. The first-order chi connectivity index (χ1) is 8.50. The van der Waals surface area contributed by atoms with E-state index in [1.54, 1.807) is 11.9 Å². The Kier molecular flexibility index (Phi) is 4.45. The molecule has 0 bridgehead atoms. The van der Waals surface area contributed by atoms with Gasteiger partial charge in [-0.15, -0.1) is 0 Å². The van der Waals surface area contributed by atoms with Crippen LogP contribution in [0.5, 0.6) is 0 Å². The standard InChI is InChI=1S/C12H13ClFIN2O/c1-17(7-2-3-16-6-7)12(18)8-4-11(15)10(14)5-9(8)13/h4-5,7,16H,2-3,6H2,1H3/t7-/m0/s1. The highest BCUT2D eigenvalue weighted by Gasteiger charge is 2.25. The molecule has 3 nitrogen and oxygen atoms in total. The summed E-state index contributed by atoms with van der Waals surface area (Å²) in [6.07, 6.45) is 0.929. The van der Waals surface area contributed by atoms with Gasteiger partial charge in [-0.3, -0.25) is 4.79 Å². The molecule has 18 heavy (non-hydrogen) atoms. The van der Waals surface area contributed by atoms with Gasteiger partial charge in [-0.2, -0.15) is 0 Å². The van der Waals surface area contributed by atoms with Crippen molar-refractivity contribution < 1.29 is 9.18 Å². The second kappa shape index (κ2) is 5.71. The second-order valence-electron chi connectivity index (χ2n) is 4.31. The summed E-state index contributed by atoms with van der Waals surface area (Å²) in [5, 5.41) is 3.37. The van der Waals surface area contributed by atoms with Crippen molar-refractivity contribution in [2.75, 3.05) is 20.1 Å². The molecular formula is C12H13ClFIN2O. The van der Waals surface area contributed by atoms with Crippen molar-refractivity contribution in [3.05, 3.63) is 32.1 Å². The van der Waals surface area contributed by atoms with E-state index in [-0.39, 0.29) is 17.0 Å². The summed E-state index contributed by atoms with van der Waals surface area (Å²) in [5.41, 5.74) is 0.358. The maximum absolute atomic E-state index is 13.3. The number of nitrogens with zero attached hydrogens (tertiary/aromatic N) is 1. The Bertz CT molecular complexity index is 477. The maximum Gasteiger partial charge on any atom is 0.255 e. The molecule has 1 N–H and O–H groups in total. The van der Waals surface area contributed by atoms with E-state index in [1.807, 2.05) is 22.6 Å². The minimum absolute atomic E-state index is 0.161. The molecule has 0 radical (unpaired) electrons. The van der Waals surface area contributed by atoms with Gasteiger partial charge in [0.15, 0.2) is 0 Å². The van der Waals surface area contributed by atoms with Crippen molar-refractivity contribution >= 4 is 40.1 Å². The van der Waals surface area contributed by atoms with Crippen LogP contribution in [0.2, 0.25) is 5.02 Å². The summed E-state index contributed by atoms with van der Waals surface area (Å²) in [5.74, 6) is -0.561. The van der Waals surface area contributed by atoms with Gasteiger partial charge in [0.05, 0.1) is 10.6 Å². The Morgan fingerprint density at radius 2 is 2.33 bits per heavy atom. The molecule has 1 aliphatic rings. The van der Waals surface area contributed by atoms with Crippen LogP contribution in [0, 0.1) is 9.39 Å². The van der Waals surface area contributed by atoms with Gasteiger partial charge in [-0.1, -0.05) is 11.6 Å². The summed E-state index contributed by atoms with van der Waals surface area (Å²) >= 11 is 7.80. The van der Waals surface area contributed by atoms with Crippen LogP contribution in [-0.2, 0) is 0 Å². The van der Waals surface area contributed by atoms with E-state index in [2.05, 4.69) is 5.32 Å². The summed E-state index contributed by atoms with van der Waals surface area (Å²) in [6.45, 7) is 1.70. The molecule has 2 rings (SSSR count). The zero-order valence-corrected chi connectivity index (χ0v) is 12.8. The highest BCUT2D eigenvalue weighted by atomic mass is 127. The third kappa shape index (κ3) is 2.78. The molecular weight excluding hydrogens is 370 g/mol. The topological polar surface area (TPSA) is 32.3 Å². The summed E-state index contributed by atoms with van der Waals surface area (Å²) in [6, 6.07) is 2.87. The number of hydrogen-bond acceptors (Lipinski definition) is 2. The largest absolute Gasteiger partial charge is 0.337 e. The van der Waals surface area contributed by atoms with Gasteiger partial charge >= 0.3 is 0 Å². The summed E-state index contributed by atoms with van der Waals surface area (Å²) in [4.78, 5) is 14.0. The van der Waals surface area contributed by atoms with E-state index in [4.69, 9.17) is 11.6 Å².